The maximum absolute atomic E-state index is 12.6. The molecule has 0 aromatic rings. The molecule has 2 fully saturated rings. The zero-order valence-electron chi connectivity index (χ0n) is 13.5. The van der Waals surface area contributed by atoms with E-state index >= 15 is 0 Å². The van der Waals surface area contributed by atoms with Crippen molar-refractivity contribution in [1.29, 1.82) is 0 Å². The van der Waals surface area contributed by atoms with Gasteiger partial charge in [0.25, 0.3) is 5.60 Å². The van der Waals surface area contributed by atoms with E-state index in [1.807, 2.05) is 13.8 Å². The molecule has 0 saturated heterocycles. The predicted octanol–water partition coefficient (Wildman–Crippen LogP) is 3.70. The summed E-state index contributed by atoms with van der Waals surface area (Å²) in [5, 5.41) is 9.06. The third-order valence-electron chi connectivity index (χ3n) is 6.09. The number of halogens is 6. The summed E-state index contributed by atoms with van der Waals surface area (Å²) in [6.45, 7) is 3.27. The summed E-state index contributed by atoms with van der Waals surface area (Å²) in [6.07, 6.45) is -10.9. The standard InChI is InChI=1S/C15H20F6O3/c1-7-8(2)10-4-9(7)5-12(10,3)11(22)24-6-13(23,14(16,17)18)15(19,20)21/h7-10,23H,4-6H2,1-3H3. The van der Waals surface area contributed by atoms with E-state index in [2.05, 4.69) is 4.74 Å². The number of hydrogen-bond donors (Lipinski definition) is 1. The van der Waals surface area contributed by atoms with Crippen molar-refractivity contribution in [2.75, 3.05) is 6.61 Å². The van der Waals surface area contributed by atoms with Crippen LogP contribution in [0, 0.1) is 29.1 Å². The van der Waals surface area contributed by atoms with Crippen LogP contribution in [0.15, 0.2) is 0 Å². The average molecular weight is 362 g/mol. The molecule has 0 aromatic heterocycles. The lowest BCUT2D eigenvalue weighted by molar-refractivity contribution is -0.376. The van der Waals surface area contributed by atoms with Crippen molar-refractivity contribution >= 4 is 5.97 Å². The summed E-state index contributed by atoms with van der Waals surface area (Å²) in [6, 6.07) is 0. The van der Waals surface area contributed by atoms with Gasteiger partial charge in [0.2, 0.25) is 0 Å². The highest BCUT2D eigenvalue weighted by Crippen LogP contribution is 2.61. The molecule has 2 aliphatic rings. The van der Waals surface area contributed by atoms with Crippen LogP contribution in [-0.4, -0.2) is 35.6 Å². The normalized spacial score (nSPS) is 36.9. The van der Waals surface area contributed by atoms with E-state index in [1.54, 1.807) is 0 Å². The lowest BCUT2D eigenvalue weighted by Gasteiger charge is -2.39. The molecular formula is C15H20F6O3. The molecule has 3 nitrogen and oxygen atoms in total. The number of carbonyl (C=O) groups excluding carboxylic acids is 1. The van der Waals surface area contributed by atoms with E-state index in [0.717, 1.165) is 0 Å². The molecule has 1 N–H and O–H groups in total. The molecule has 0 radical (unpaired) electrons. The monoisotopic (exact) mass is 362 g/mol. The number of carbonyl (C=O) groups is 1. The number of hydrogen-bond acceptors (Lipinski definition) is 3. The second kappa shape index (κ2) is 5.51. The van der Waals surface area contributed by atoms with Crippen LogP contribution in [0.3, 0.4) is 0 Å². The third kappa shape index (κ3) is 2.68. The molecule has 5 atom stereocenters. The Kier molecular flexibility index (Phi) is 4.44. The summed E-state index contributed by atoms with van der Waals surface area (Å²) in [5.41, 5.74) is -6.18. The molecule has 0 spiro atoms. The van der Waals surface area contributed by atoms with E-state index in [1.165, 1.54) is 6.92 Å². The van der Waals surface area contributed by atoms with E-state index in [0.29, 0.717) is 18.8 Å². The van der Waals surface area contributed by atoms with Crippen molar-refractivity contribution in [2.45, 2.75) is 51.6 Å². The first-order valence-electron chi connectivity index (χ1n) is 7.68. The number of ether oxygens (including phenoxy) is 1. The largest absolute Gasteiger partial charge is 0.461 e. The SMILES string of the molecule is CC1C2CC(C1C)C(C)(C(=O)OCC(O)(C(F)(F)F)C(F)(F)F)C2. The van der Waals surface area contributed by atoms with Gasteiger partial charge in [-0.2, -0.15) is 26.3 Å². The van der Waals surface area contributed by atoms with Gasteiger partial charge in [0.15, 0.2) is 0 Å². The third-order valence-corrected chi connectivity index (χ3v) is 6.09. The zero-order valence-corrected chi connectivity index (χ0v) is 13.5. The summed E-state index contributed by atoms with van der Waals surface area (Å²) in [4.78, 5) is 12.2. The lowest BCUT2D eigenvalue weighted by Crippen LogP contribution is -2.60. The van der Waals surface area contributed by atoms with Crippen molar-refractivity contribution < 1.29 is 41.0 Å². The highest BCUT2D eigenvalue weighted by Gasteiger charge is 2.71. The Morgan fingerprint density at radius 3 is 2.00 bits per heavy atom. The van der Waals surface area contributed by atoms with Crippen molar-refractivity contribution in [3.63, 3.8) is 0 Å². The number of alkyl halides is 6. The number of fused-ring (bicyclic) bond motifs is 2. The fourth-order valence-corrected chi connectivity index (χ4v) is 4.25. The van der Waals surface area contributed by atoms with Crippen LogP contribution >= 0.6 is 0 Å². The van der Waals surface area contributed by atoms with Crippen molar-refractivity contribution in [1.82, 2.24) is 0 Å². The predicted molar refractivity (Wildman–Crippen MR) is 70.7 cm³/mol. The number of esters is 1. The second-order valence-corrected chi connectivity index (χ2v) is 7.37. The van der Waals surface area contributed by atoms with Gasteiger partial charge in [-0.1, -0.05) is 13.8 Å². The molecule has 24 heavy (non-hydrogen) atoms. The van der Waals surface area contributed by atoms with E-state index in [-0.39, 0.29) is 17.8 Å². The van der Waals surface area contributed by atoms with E-state index in [9.17, 15) is 31.1 Å². The Bertz CT molecular complexity index is 498. The quantitative estimate of drug-likeness (QED) is 0.615. The van der Waals surface area contributed by atoms with Crippen molar-refractivity contribution in [3.8, 4) is 0 Å². The first-order chi connectivity index (χ1) is 10.6. The maximum Gasteiger partial charge on any atom is 0.429 e. The maximum atomic E-state index is 12.6. The molecule has 2 bridgehead atoms. The molecule has 2 aliphatic carbocycles. The first-order valence-corrected chi connectivity index (χ1v) is 7.68. The average Bonchev–Trinajstić information content (AvgIpc) is 2.90. The van der Waals surface area contributed by atoms with Gasteiger partial charge in [0, 0.05) is 0 Å². The van der Waals surface area contributed by atoms with Crippen molar-refractivity contribution in [3.05, 3.63) is 0 Å². The molecule has 2 rings (SSSR count). The Balaban J connectivity index is 2.13. The van der Waals surface area contributed by atoms with Gasteiger partial charge in [-0.05, 0) is 43.4 Å². The van der Waals surface area contributed by atoms with Crippen LogP contribution < -0.4 is 0 Å². The molecule has 9 heteroatoms. The zero-order chi connectivity index (χ0) is 18.7. The Labute approximate surface area is 135 Å². The molecule has 0 aromatic carbocycles. The van der Waals surface area contributed by atoms with Gasteiger partial charge >= 0.3 is 18.3 Å². The molecule has 0 amide bonds. The Morgan fingerprint density at radius 2 is 1.62 bits per heavy atom. The minimum Gasteiger partial charge on any atom is -0.461 e. The molecule has 0 aliphatic heterocycles. The van der Waals surface area contributed by atoms with Gasteiger partial charge in [-0.25, -0.2) is 0 Å². The number of rotatable bonds is 3. The second-order valence-electron chi connectivity index (χ2n) is 7.37. The van der Waals surface area contributed by atoms with Gasteiger partial charge in [-0.3, -0.25) is 4.79 Å². The van der Waals surface area contributed by atoms with Crippen LogP contribution in [0.25, 0.3) is 0 Å². The minimum atomic E-state index is -6.00. The molecule has 0 heterocycles. The minimum absolute atomic E-state index is 0.130. The van der Waals surface area contributed by atoms with Crippen LogP contribution in [-0.2, 0) is 9.53 Å². The Hall–Kier alpha value is -0.990. The van der Waals surface area contributed by atoms with Crippen molar-refractivity contribution in [2.24, 2.45) is 29.1 Å². The molecule has 5 unspecified atom stereocenters. The van der Waals surface area contributed by atoms with E-state index < -0.39 is 35.9 Å². The first kappa shape index (κ1) is 19.3. The lowest BCUT2D eigenvalue weighted by atomic mass is 9.67. The highest BCUT2D eigenvalue weighted by atomic mass is 19.4. The van der Waals surface area contributed by atoms with Gasteiger partial charge in [0.1, 0.15) is 6.61 Å². The topological polar surface area (TPSA) is 46.5 Å². The highest BCUT2D eigenvalue weighted by molar-refractivity contribution is 5.77. The van der Waals surface area contributed by atoms with Gasteiger partial charge < -0.3 is 9.84 Å². The molecule has 2 saturated carbocycles. The summed E-state index contributed by atoms with van der Waals surface area (Å²) in [5.74, 6) is -0.578. The Morgan fingerprint density at radius 1 is 1.12 bits per heavy atom. The van der Waals surface area contributed by atoms with Crippen LogP contribution in [0.4, 0.5) is 26.3 Å². The fraction of sp³-hybridized carbons (Fsp3) is 0.933. The van der Waals surface area contributed by atoms with Crippen LogP contribution in [0.2, 0.25) is 0 Å². The van der Waals surface area contributed by atoms with E-state index in [4.69, 9.17) is 5.11 Å². The number of aliphatic hydroxyl groups is 1. The van der Waals surface area contributed by atoms with Crippen LogP contribution in [0.5, 0.6) is 0 Å². The smallest absolute Gasteiger partial charge is 0.429 e. The molecular weight excluding hydrogens is 342 g/mol. The van der Waals surface area contributed by atoms with Gasteiger partial charge in [0.05, 0.1) is 5.41 Å². The summed E-state index contributed by atoms with van der Waals surface area (Å²) >= 11 is 0. The van der Waals surface area contributed by atoms with Gasteiger partial charge in [-0.15, -0.1) is 0 Å². The summed E-state index contributed by atoms with van der Waals surface area (Å²) < 4.78 is 80.1. The van der Waals surface area contributed by atoms with Crippen LogP contribution in [0.1, 0.15) is 33.6 Å². The molecule has 140 valence electrons. The fourth-order valence-electron chi connectivity index (χ4n) is 4.25. The summed E-state index contributed by atoms with van der Waals surface area (Å²) in [7, 11) is 0.